The lowest BCUT2D eigenvalue weighted by Gasteiger charge is -2.35. The van der Waals surface area contributed by atoms with Gasteiger partial charge in [0.05, 0.1) is 0 Å². The molecule has 1 aromatic carbocycles. The average Bonchev–Trinajstić information content (AvgIpc) is 3.33. The summed E-state index contributed by atoms with van der Waals surface area (Å²) in [5.41, 5.74) is 1.00. The molecule has 3 rings (SSSR count). The molecule has 2 N–H and O–H groups in total. The van der Waals surface area contributed by atoms with Gasteiger partial charge in [0.25, 0.3) is 0 Å². The minimum Gasteiger partial charge on any atom is -0.354 e. The highest BCUT2D eigenvalue weighted by Crippen LogP contribution is 2.48. The second-order valence-corrected chi connectivity index (χ2v) is 9.75. The van der Waals surface area contributed by atoms with E-state index in [9.17, 15) is 13.2 Å². The second kappa shape index (κ2) is 7.43. The number of rotatable bonds is 5. The van der Waals surface area contributed by atoms with Crippen LogP contribution in [-0.2, 0) is 20.0 Å². The summed E-state index contributed by atoms with van der Waals surface area (Å²) < 4.78 is 23.3. The SMILES string of the molecule is CS(=O)(=O)C1(C(=O)NCC2(c3cccc(Cl)c3)CC2)CCNCC1.Cl. The molecule has 140 valence electrons. The summed E-state index contributed by atoms with van der Waals surface area (Å²) in [4.78, 5) is 12.8. The van der Waals surface area contributed by atoms with E-state index in [1.165, 1.54) is 6.26 Å². The molecule has 0 bridgehead atoms. The van der Waals surface area contributed by atoms with E-state index in [2.05, 4.69) is 10.6 Å². The molecule has 1 saturated carbocycles. The van der Waals surface area contributed by atoms with Crippen LogP contribution < -0.4 is 10.6 Å². The highest BCUT2D eigenvalue weighted by atomic mass is 35.5. The molecule has 1 aliphatic carbocycles. The van der Waals surface area contributed by atoms with Crippen molar-refractivity contribution in [1.82, 2.24) is 10.6 Å². The summed E-state index contributed by atoms with van der Waals surface area (Å²) in [6.45, 7) is 1.54. The minimum atomic E-state index is -3.48. The van der Waals surface area contributed by atoms with Crippen molar-refractivity contribution in [2.45, 2.75) is 35.8 Å². The highest BCUT2D eigenvalue weighted by Gasteiger charge is 2.50. The molecule has 0 unspecified atom stereocenters. The molecule has 1 amide bonds. The number of piperidine rings is 1. The molecule has 1 heterocycles. The summed E-state index contributed by atoms with van der Waals surface area (Å²) in [6, 6.07) is 7.68. The summed E-state index contributed by atoms with van der Waals surface area (Å²) in [6.07, 6.45) is 3.76. The number of hydrogen-bond donors (Lipinski definition) is 2. The number of sulfone groups is 1. The summed E-state index contributed by atoms with van der Waals surface area (Å²) in [7, 11) is -3.48. The number of halogens is 2. The highest BCUT2D eigenvalue weighted by molar-refractivity contribution is 7.92. The standard InChI is InChI=1S/C17H23ClN2O3S.ClH/c1-24(22,23)17(7-9-19-10-8-17)15(21)20-12-16(5-6-16)13-3-2-4-14(18)11-13;/h2-4,11,19H,5-10,12H2,1H3,(H,20,21);1H. The Hall–Kier alpha value is -0.820. The molecule has 2 aliphatic rings. The fourth-order valence-corrected chi connectivity index (χ4v) is 5.09. The average molecular weight is 407 g/mol. The zero-order valence-electron chi connectivity index (χ0n) is 14.2. The van der Waals surface area contributed by atoms with E-state index in [1.54, 1.807) is 0 Å². The summed E-state index contributed by atoms with van der Waals surface area (Å²) in [5, 5.41) is 6.73. The molecular formula is C17H24Cl2N2O3S. The number of hydrogen-bond acceptors (Lipinski definition) is 4. The largest absolute Gasteiger partial charge is 0.354 e. The van der Waals surface area contributed by atoms with Crippen molar-refractivity contribution in [2.24, 2.45) is 0 Å². The second-order valence-electron chi connectivity index (χ2n) is 6.99. The van der Waals surface area contributed by atoms with Gasteiger partial charge in [-0.1, -0.05) is 23.7 Å². The predicted molar refractivity (Wildman–Crippen MR) is 102 cm³/mol. The van der Waals surface area contributed by atoms with Gasteiger partial charge >= 0.3 is 0 Å². The number of benzene rings is 1. The van der Waals surface area contributed by atoms with Crippen LogP contribution in [0.25, 0.3) is 0 Å². The normalized spacial score (nSPS) is 21.0. The third kappa shape index (κ3) is 3.97. The van der Waals surface area contributed by atoms with Crippen molar-refractivity contribution < 1.29 is 13.2 Å². The van der Waals surface area contributed by atoms with Gasteiger partial charge in [-0.3, -0.25) is 4.79 Å². The zero-order valence-corrected chi connectivity index (χ0v) is 16.6. The molecule has 1 aromatic rings. The van der Waals surface area contributed by atoms with Gasteiger partial charge in [-0.05, 0) is 56.5 Å². The van der Waals surface area contributed by atoms with Gasteiger partial charge in [0.1, 0.15) is 0 Å². The number of nitrogens with one attached hydrogen (secondary N) is 2. The van der Waals surface area contributed by atoms with Crippen molar-refractivity contribution in [3.05, 3.63) is 34.9 Å². The molecule has 0 aromatic heterocycles. The number of carbonyl (C=O) groups excluding carboxylic acids is 1. The van der Waals surface area contributed by atoms with E-state index in [0.717, 1.165) is 18.4 Å². The lowest BCUT2D eigenvalue weighted by molar-refractivity contribution is -0.124. The maximum Gasteiger partial charge on any atom is 0.241 e. The molecule has 25 heavy (non-hydrogen) atoms. The van der Waals surface area contributed by atoms with Gasteiger partial charge in [-0.15, -0.1) is 12.4 Å². The van der Waals surface area contributed by atoms with E-state index in [0.29, 0.717) is 37.5 Å². The Bertz CT molecular complexity index is 742. The molecular weight excluding hydrogens is 383 g/mol. The van der Waals surface area contributed by atoms with Gasteiger partial charge in [0, 0.05) is 23.2 Å². The first-order chi connectivity index (χ1) is 11.3. The topological polar surface area (TPSA) is 75.3 Å². The number of carbonyl (C=O) groups is 1. The van der Waals surface area contributed by atoms with Crippen LogP contribution in [0.1, 0.15) is 31.2 Å². The first-order valence-corrected chi connectivity index (χ1v) is 10.5. The molecule has 5 nitrogen and oxygen atoms in total. The molecule has 1 saturated heterocycles. The smallest absolute Gasteiger partial charge is 0.241 e. The van der Waals surface area contributed by atoms with Crippen molar-refractivity contribution in [3.63, 3.8) is 0 Å². The van der Waals surface area contributed by atoms with Crippen LogP contribution in [0.5, 0.6) is 0 Å². The fraction of sp³-hybridized carbons (Fsp3) is 0.588. The summed E-state index contributed by atoms with van der Waals surface area (Å²) in [5.74, 6) is -0.361. The van der Waals surface area contributed by atoms with Crippen LogP contribution in [0, 0.1) is 0 Å². The monoisotopic (exact) mass is 406 g/mol. The van der Waals surface area contributed by atoms with E-state index >= 15 is 0 Å². The van der Waals surface area contributed by atoms with Crippen LogP contribution >= 0.6 is 24.0 Å². The van der Waals surface area contributed by atoms with Crippen molar-refractivity contribution in [1.29, 1.82) is 0 Å². The first kappa shape index (κ1) is 20.5. The molecule has 8 heteroatoms. The van der Waals surface area contributed by atoms with E-state index in [-0.39, 0.29) is 23.7 Å². The lowest BCUT2D eigenvalue weighted by Crippen LogP contribution is -2.58. The van der Waals surface area contributed by atoms with Gasteiger partial charge in [0.15, 0.2) is 14.6 Å². The Labute approximate surface area is 160 Å². The predicted octanol–water partition coefficient (Wildman–Crippen LogP) is 2.08. The maximum atomic E-state index is 12.8. The lowest BCUT2D eigenvalue weighted by atomic mass is 9.93. The maximum absolute atomic E-state index is 12.8. The molecule has 1 aliphatic heterocycles. The van der Waals surface area contributed by atoms with Gasteiger partial charge in [-0.25, -0.2) is 8.42 Å². The van der Waals surface area contributed by atoms with Crippen LogP contribution in [0.3, 0.4) is 0 Å². The molecule has 0 spiro atoms. The van der Waals surface area contributed by atoms with Crippen LogP contribution in [0.4, 0.5) is 0 Å². The molecule has 0 atom stereocenters. The van der Waals surface area contributed by atoms with Crippen molar-refractivity contribution in [3.8, 4) is 0 Å². The van der Waals surface area contributed by atoms with Crippen molar-refractivity contribution >= 4 is 39.8 Å². The Balaban J connectivity index is 0.00000225. The van der Waals surface area contributed by atoms with E-state index in [1.807, 2.05) is 24.3 Å². The third-order valence-electron chi connectivity index (χ3n) is 5.41. The Morgan fingerprint density at radius 3 is 2.40 bits per heavy atom. The number of amides is 1. The summed E-state index contributed by atoms with van der Waals surface area (Å²) >= 11 is 6.07. The van der Waals surface area contributed by atoms with Gasteiger partial charge in [0.2, 0.25) is 5.91 Å². The van der Waals surface area contributed by atoms with E-state index in [4.69, 9.17) is 11.6 Å². The Morgan fingerprint density at radius 2 is 1.88 bits per heavy atom. The van der Waals surface area contributed by atoms with Gasteiger partial charge in [-0.2, -0.15) is 0 Å². The van der Waals surface area contributed by atoms with E-state index < -0.39 is 14.6 Å². The van der Waals surface area contributed by atoms with Crippen LogP contribution in [0.2, 0.25) is 5.02 Å². The van der Waals surface area contributed by atoms with Crippen molar-refractivity contribution in [2.75, 3.05) is 25.9 Å². The first-order valence-electron chi connectivity index (χ1n) is 8.24. The van der Waals surface area contributed by atoms with Gasteiger partial charge < -0.3 is 10.6 Å². The molecule has 2 fully saturated rings. The zero-order chi connectivity index (χ0) is 17.4. The molecule has 0 radical (unpaired) electrons. The third-order valence-corrected chi connectivity index (χ3v) is 7.66. The van der Waals surface area contributed by atoms with Crippen LogP contribution in [-0.4, -0.2) is 45.0 Å². The Kier molecular flexibility index (Phi) is 6.09. The van der Waals surface area contributed by atoms with Crippen LogP contribution in [0.15, 0.2) is 24.3 Å². The quantitative estimate of drug-likeness (QED) is 0.784. The fourth-order valence-electron chi connectivity index (χ4n) is 3.54. The minimum absolute atomic E-state index is 0. The Morgan fingerprint density at radius 1 is 1.24 bits per heavy atom.